The number of piperazine rings is 1. The van der Waals surface area contributed by atoms with E-state index in [0.717, 1.165) is 44.6 Å². The van der Waals surface area contributed by atoms with Crippen LogP contribution in [-0.4, -0.2) is 41.9 Å². The number of carbonyl (C=O) groups is 1. The van der Waals surface area contributed by atoms with Gasteiger partial charge in [0.25, 0.3) is 0 Å². The highest BCUT2D eigenvalue weighted by molar-refractivity contribution is 5.79. The van der Waals surface area contributed by atoms with Gasteiger partial charge in [-0.1, -0.05) is 49.6 Å². The van der Waals surface area contributed by atoms with Crippen LogP contribution in [0.3, 0.4) is 0 Å². The van der Waals surface area contributed by atoms with Crippen LogP contribution in [0.4, 0.5) is 0 Å². The van der Waals surface area contributed by atoms with Gasteiger partial charge < -0.3 is 4.90 Å². The molecular formula is C19H25N3O. The molecule has 0 N–H and O–H groups in total. The molecule has 0 spiro atoms. The highest BCUT2D eigenvalue weighted by atomic mass is 16.2. The van der Waals surface area contributed by atoms with Crippen molar-refractivity contribution >= 4 is 5.91 Å². The summed E-state index contributed by atoms with van der Waals surface area (Å²) in [4.78, 5) is 16.8. The van der Waals surface area contributed by atoms with Gasteiger partial charge in [0, 0.05) is 32.1 Å². The molecule has 122 valence electrons. The highest BCUT2D eigenvalue weighted by Crippen LogP contribution is 2.27. The van der Waals surface area contributed by atoms with Crippen LogP contribution >= 0.6 is 0 Å². The lowest BCUT2D eigenvalue weighted by Crippen LogP contribution is -2.51. The van der Waals surface area contributed by atoms with Gasteiger partial charge in [0.05, 0.1) is 6.07 Å². The van der Waals surface area contributed by atoms with Crippen molar-refractivity contribution in [2.45, 2.75) is 38.1 Å². The van der Waals surface area contributed by atoms with E-state index in [4.69, 9.17) is 0 Å². The molecule has 1 saturated carbocycles. The number of rotatable bonds is 3. The Morgan fingerprint density at radius 3 is 2.30 bits per heavy atom. The lowest BCUT2D eigenvalue weighted by Gasteiger charge is -2.38. The van der Waals surface area contributed by atoms with Gasteiger partial charge in [0.1, 0.15) is 6.04 Å². The summed E-state index contributed by atoms with van der Waals surface area (Å²) in [6.07, 6.45) is 5.79. The third kappa shape index (κ3) is 3.73. The standard InChI is InChI=1S/C19H25N3O/c20-15-18(16-7-3-1-4-8-16)21-11-13-22(14-12-21)19(23)17-9-5-2-6-10-17/h1,3-4,7-8,17-18H,2,5-6,9-14H2/t18-/m1/s1. The molecule has 0 bridgehead atoms. The first-order chi connectivity index (χ1) is 11.3. The number of hydrogen-bond donors (Lipinski definition) is 0. The van der Waals surface area contributed by atoms with Gasteiger partial charge in [0.2, 0.25) is 5.91 Å². The quantitative estimate of drug-likeness (QED) is 0.862. The molecule has 1 atom stereocenters. The third-order valence-corrected chi connectivity index (χ3v) is 5.18. The van der Waals surface area contributed by atoms with E-state index in [9.17, 15) is 10.1 Å². The molecule has 0 unspecified atom stereocenters. The minimum Gasteiger partial charge on any atom is -0.340 e. The van der Waals surface area contributed by atoms with Crippen LogP contribution in [0.5, 0.6) is 0 Å². The maximum atomic E-state index is 12.6. The van der Waals surface area contributed by atoms with Crippen molar-refractivity contribution < 1.29 is 4.79 Å². The van der Waals surface area contributed by atoms with E-state index in [1.807, 2.05) is 35.2 Å². The molecule has 2 aliphatic rings. The third-order valence-electron chi connectivity index (χ3n) is 5.18. The zero-order valence-electron chi connectivity index (χ0n) is 13.7. The lowest BCUT2D eigenvalue weighted by molar-refractivity contribution is -0.138. The minimum absolute atomic E-state index is 0.205. The summed E-state index contributed by atoms with van der Waals surface area (Å²) in [5, 5.41) is 9.54. The van der Waals surface area contributed by atoms with Crippen LogP contribution in [0.1, 0.15) is 43.7 Å². The molecule has 0 aromatic heterocycles. The first-order valence-electron chi connectivity index (χ1n) is 8.77. The largest absolute Gasteiger partial charge is 0.340 e. The van der Waals surface area contributed by atoms with Crippen molar-refractivity contribution in [2.24, 2.45) is 5.92 Å². The summed E-state index contributed by atoms with van der Waals surface area (Å²) in [7, 11) is 0. The van der Waals surface area contributed by atoms with E-state index in [1.54, 1.807) is 0 Å². The van der Waals surface area contributed by atoms with Crippen molar-refractivity contribution in [3.8, 4) is 6.07 Å². The second-order valence-corrected chi connectivity index (χ2v) is 6.64. The molecule has 1 aliphatic heterocycles. The van der Waals surface area contributed by atoms with Gasteiger partial charge in [-0.05, 0) is 18.4 Å². The summed E-state index contributed by atoms with van der Waals surface area (Å²) >= 11 is 0. The van der Waals surface area contributed by atoms with Crippen molar-refractivity contribution in [2.75, 3.05) is 26.2 Å². The topological polar surface area (TPSA) is 47.3 Å². The second-order valence-electron chi connectivity index (χ2n) is 6.64. The Kier molecular flexibility index (Phi) is 5.30. The number of hydrogen-bond acceptors (Lipinski definition) is 3. The fourth-order valence-electron chi connectivity index (χ4n) is 3.81. The maximum absolute atomic E-state index is 12.6. The zero-order chi connectivity index (χ0) is 16.1. The molecular weight excluding hydrogens is 286 g/mol. The first kappa shape index (κ1) is 16.0. The Morgan fingerprint density at radius 1 is 1.04 bits per heavy atom. The van der Waals surface area contributed by atoms with Crippen LogP contribution in [0, 0.1) is 17.2 Å². The van der Waals surface area contributed by atoms with Gasteiger partial charge in [-0.25, -0.2) is 0 Å². The molecule has 1 aromatic rings. The Hall–Kier alpha value is -1.86. The molecule has 4 heteroatoms. The second kappa shape index (κ2) is 7.61. The maximum Gasteiger partial charge on any atom is 0.225 e. The molecule has 1 aliphatic carbocycles. The predicted octanol–water partition coefficient (Wildman–Crippen LogP) is 2.98. The fourth-order valence-corrected chi connectivity index (χ4v) is 3.81. The summed E-state index contributed by atoms with van der Waals surface area (Å²) in [5.41, 5.74) is 1.04. The van der Waals surface area contributed by atoms with Gasteiger partial charge >= 0.3 is 0 Å². The van der Waals surface area contributed by atoms with E-state index in [2.05, 4.69) is 11.0 Å². The van der Waals surface area contributed by atoms with E-state index in [0.29, 0.717) is 5.91 Å². The zero-order valence-corrected chi connectivity index (χ0v) is 13.7. The van der Waals surface area contributed by atoms with Crippen LogP contribution in [-0.2, 0) is 4.79 Å². The monoisotopic (exact) mass is 311 g/mol. The number of nitrogens with zero attached hydrogens (tertiary/aromatic N) is 3. The van der Waals surface area contributed by atoms with E-state index in [-0.39, 0.29) is 12.0 Å². The summed E-state index contributed by atoms with van der Waals surface area (Å²) in [6.45, 7) is 3.07. The Bertz CT molecular complexity index is 552. The smallest absolute Gasteiger partial charge is 0.225 e. The normalized spacial score (nSPS) is 21.6. The van der Waals surface area contributed by atoms with Crippen LogP contribution < -0.4 is 0 Å². The van der Waals surface area contributed by atoms with Crippen LogP contribution in [0.25, 0.3) is 0 Å². The lowest BCUT2D eigenvalue weighted by atomic mass is 9.88. The van der Waals surface area contributed by atoms with Gasteiger partial charge in [-0.3, -0.25) is 9.69 Å². The number of carbonyl (C=O) groups excluding carboxylic acids is 1. The van der Waals surface area contributed by atoms with Crippen molar-refractivity contribution in [1.29, 1.82) is 5.26 Å². The molecule has 1 amide bonds. The van der Waals surface area contributed by atoms with Crippen LogP contribution in [0.15, 0.2) is 30.3 Å². The van der Waals surface area contributed by atoms with Gasteiger partial charge in [0.15, 0.2) is 0 Å². The number of amides is 1. The van der Waals surface area contributed by atoms with Gasteiger partial charge in [-0.2, -0.15) is 5.26 Å². The minimum atomic E-state index is -0.205. The molecule has 0 radical (unpaired) electrons. The van der Waals surface area contributed by atoms with Crippen molar-refractivity contribution in [3.05, 3.63) is 35.9 Å². The molecule has 1 heterocycles. The predicted molar refractivity (Wildman–Crippen MR) is 89.5 cm³/mol. The Labute approximate surface area is 138 Å². The molecule has 23 heavy (non-hydrogen) atoms. The Morgan fingerprint density at radius 2 is 1.70 bits per heavy atom. The molecule has 4 nitrogen and oxygen atoms in total. The molecule has 3 rings (SSSR count). The summed E-state index contributed by atoms with van der Waals surface area (Å²) < 4.78 is 0. The van der Waals surface area contributed by atoms with Gasteiger partial charge in [-0.15, -0.1) is 0 Å². The van der Waals surface area contributed by atoms with E-state index in [1.165, 1.54) is 19.3 Å². The molecule has 1 saturated heterocycles. The summed E-state index contributed by atoms with van der Waals surface area (Å²) in [5.74, 6) is 0.591. The van der Waals surface area contributed by atoms with Crippen LogP contribution in [0.2, 0.25) is 0 Å². The molecule has 2 fully saturated rings. The van der Waals surface area contributed by atoms with E-state index >= 15 is 0 Å². The number of benzene rings is 1. The van der Waals surface area contributed by atoms with E-state index < -0.39 is 0 Å². The average Bonchev–Trinajstić information content (AvgIpc) is 2.64. The highest BCUT2D eigenvalue weighted by Gasteiger charge is 2.30. The number of nitriles is 1. The fraction of sp³-hybridized carbons (Fsp3) is 0.579. The van der Waals surface area contributed by atoms with Crippen molar-refractivity contribution in [1.82, 2.24) is 9.80 Å². The average molecular weight is 311 g/mol. The van der Waals surface area contributed by atoms with Crippen molar-refractivity contribution in [3.63, 3.8) is 0 Å². The molecule has 1 aromatic carbocycles. The first-order valence-corrected chi connectivity index (χ1v) is 8.77. The Balaban J connectivity index is 1.57. The summed E-state index contributed by atoms with van der Waals surface area (Å²) in [6, 6.07) is 12.1. The SMILES string of the molecule is N#C[C@H](c1ccccc1)N1CCN(C(=O)C2CCCCC2)CC1.